The first-order valence-electron chi connectivity index (χ1n) is 5.83. The summed E-state index contributed by atoms with van der Waals surface area (Å²) < 4.78 is 1.30. The summed E-state index contributed by atoms with van der Waals surface area (Å²) >= 11 is 1.24. The van der Waals surface area contributed by atoms with Crippen LogP contribution < -0.4 is 5.32 Å². The predicted molar refractivity (Wildman–Crippen MR) is 74.0 cm³/mol. The average molecular weight is 294 g/mol. The Labute approximate surface area is 119 Å². The number of nitrogens with zero attached hydrogens (tertiary/aromatic N) is 3. The number of aliphatic carboxylic acids is 1. The maximum atomic E-state index is 12.0. The highest BCUT2D eigenvalue weighted by molar-refractivity contribution is 7.12. The summed E-state index contributed by atoms with van der Waals surface area (Å²) in [6, 6.07) is 1.55. The fraction of sp³-hybridized carbons (Fsp3) is 0.333. The van der Waals surface area contributed by atoms with Crippen molar-refractivity contribution in [2.24, 2.45) is 0 Å². The van der Waals surface area contributed by atoms with Gasteiger partial charge in [0.05, 0.1) is 11.2 Å². The number of carbonyl (C=O) groups excluding carboxylic acids is 1. The summed E-state index contributed by atoms with van der Waals surface area (Å²) in [6.45, 7) is 4.81. The third-order valence-electron chi connectivity index (χ3n) is 2.88. The van der Waals surface area contributed by atoms with Crippen molar-refractivity contribution in [3.05, 3.63) is 28.3 Å². The average Bonchev–Trinajstić information content (AvgIpc) is 2.97. The second-order valence-electron chi connectivity index (χ2n) is 4.73. The predicted octanol–water partition coefficient (Wildman–Crippen LogP) is 1.72. The van der Waals surface area contributed by atoms with Crippen LogP contribution in [0, 0.1) is 6.92 Å². The Bertz CT molecular complexity index is 659. The largest absolute Gasteiger partial charge is 0.479 e. The first-order valence-corrected chi connectivity index (χ1v) is 6.71. The van der Waals surface area contributed by atoms with Crippen molar-refractivity contribution in [2.45, 2.75) is 26.3 Å². The van der Waals surface area contributed by atoms with Crippen LogP contribution in [0.1, 0.15) is 29.2 Å². The van der Waals surface area contributed by atoms with Crippen LogP contribution in [0.2, 0.25) is 0 Å². The van der Waals surface area contributed by atoms with Gasteiger partial charge in [-0.25, -0.2) is 9.78 Å². The summed E-state index contributed by atoms with van der Waals surface area (Å²) in [7, 11) is 0. The van der Waals surface area contributed by atoms with Crippen LogP contribution in [0.5, 0.6) is 0 Å². The van der Waals surface area contributed by atoms with E-state index in [-0.39, 0.29) is 5.91 Å². The van der Waals surface area contributed by atoms with Crippen LogP contribution in [-0.4, -0.2) is 31.7 Å². The van der Waals surface area contributed by atoms with Gasteiger partial charge in [0.1, 0.15) is 4.88 Å². The van der Waals surface area contributed by atoms with E-state index >= 15 is 0 Å². The maximum Gasteiger partial charge on any atom is 0.331 e. The molecule has 106 valence electrons. The van der Waals surface area contributed by atoms with Crippen LogP contribution >= 0.6 is 11.3 Å². The molecular formula is C12H14N4O3S. The Morgan fingerprint density at radius 1 is 1.45 bits per heavy atom. The van der Waals surface area contributed by atoms with E-state index in [0.717, 1.165) is 0 Å². The van der Waals surface area contributed by atoms with Gasteiger partial charge in [-0.05, 0) is 20.8 Å². The van der Waals surface area contributed by atoms with Gasteiger partial charge in [-0.15, -0.1) is 11.3 Å². The molecule has 1 amide bonds. The van der Waals surface area contributed by atoms with Gasteiger partial charge in [0.25, 0.3) is 5.91 Å². The lowest BCUT2D eigenvalue weighted by Crippen LogP contribution is -2.36. The molecule has 2 rings (SSSR count). The number of amides is 1. The molecule has 2 N–H and O–H groups in total. The summed E-state index contributed by atoms with van der Waals surface area (Å²) in [5.74, 6) is -1.00. The molecule has 2 aromatic heterocycles. The van der Waals surface area contributed by atoms with E-state index in [0.29, 0.717) is 16.4 Å². The number of rotatable bonds is 4. The molecule has 7 nitrogen and oxygen atoms in total. The lowest BCUT2D eigenvalue weighted by Gasteiger charge is -2.19. The Morgan fingerprint density at radius 2 is 2.15 bits per heavy atom. The van der Waals surface area contributed by atoms with Crippen molar-refractivity contribution in [3.63, 3.8) is 0 Å². The number of hydrogen-bond donors (Lipinski definition) is 2. The standard InChI is InChI=1S/C12H14N4O3S/c1-7-9(20-6-13-7)10(17)14-8-4-5-16(15-8)12(2,3)11(18)19/h4-6H,1-3H3,(H,18,19)(H,14,15,17). The second-order valence-corrected chi connectivity index (χ2v) is 5.59. The van der Waals surface area contributed by atoms with Gasteiger partial charge in [-0.1, -0.05) is 0 Å². The van der Waals surface area contributed by atoms with Crippen LogP contribution in [0.4, 0.5) is 5.82 Å². The van der Waals surface area contributed by atoms with E-state index in [1.54, 1.807) is 18.5 Å². The molecule has 0 aliphatic heterocycles. The van der Waals surface area contributed by atoms with E-state index in [9.17, 15) is 9.59 Å². The molecule has 0 aromatic carbocycles. The second kappa shape index (κ2) is 5.04. The number of aryl methyl sites for hydroxylation is 1. The van der Waals surface area contributed by atoms with E-state index in [4.69, 9.17) is 5.11 Å². The van der Waals surface area contributed by atoms with Crippen molar-refractivity contribution in [3.8, 4) is 0 Å². The third kappa shape index (κ3) is 2.55. The monoisotopic (exact) mass is 294 g/mol. The molecule has 0 unspecified atom stereocenters. The minimum atomic E-state index is -1.18. The van der Waals surface area contributed by atoms with Crippen molar-refractivity contribution in [1.29, 1.82) is 0 Å². The zero-order valence-corrected chi connectivity index (χ0v) is 12.1. The molecule has 2 aromatic rings. The number of anilines is 1. The highest BCUT2D eigenvalue weighted by Crippen LogP contribution is 2.18. The van der Waals surface area contributed by atoms with Gasteiger partial charge in [0, 0.05) is 12.3 Å². The smallest absolute Gasteiger partial charge is 0.331 e. The van der Waals surface area contributed by atoms with Crippen molar-refractivity contribution >= 4 is 29.0 Å². The molecule has 0 aliphatic carbocycles. The molecule has 0 saturated carbocycles. The van der Waals surface area contributed by atoms with Crippen molar-refractivity contribution in [2.75, 3.05) is 5.32 Å². The Kier molecular flexibility index (Phi) is 3.58. The highest BCUT2D eigenvalue weighted by Gasteiger charge is 2.30. The van der Waals surface area contributed by atoms with Gasteiger partial charge >= 0.3 is 5.97 Å². The minimum absolute atomic E-state index is 0.302. The maximum absolute atomic E-state index is 12.0. The van der Waals surface area contributed by atoms with Crippen LogP contribution in [0.3, 0.4) is 0 Å². The first-order chi connectivity index (χ1) is 9.32. The molecule has 0 aliphatic rings. The quantitative estimate of drug-likeness (QED) is 0.894. The molecule has 0 atom stereocenters. The summed E-state index contributed by atoms with van der Waals surface area (Å²) in [5.41, 5.74) is 1.07. The number of carbonyl (C=O) groups is 2. The van der Waals surface area contributed by atoms with E-state index in [1.165, 1.54) is 36.1 Å². The lowest BCUT2D eigenvalue weighted by molar-refractivity contribution is -0.146. The van der Waals surface area contributed by atoms with Crippen LogP contribution in [-0.2, 0) is 10.3 Å². The van der Waals surface area contributed by atoms with Crippen molar-refractivity contribution < 1.29 is 14.7 Å². The topological polar surface area (TPSA) is 97.1 Å². The Morgan fingerprint density at radius 3 is 2.70 bits per heavy atom. The molecule has 0 spiro atoms. The molecule has 0 fully saturated rings. The molecular weight excluding hydrogens is 280 g/mol. The summed E-state index contributed by atoms with van der Waals surface area (Å²) in [6.07, 6.45) is 1.52. The summed E-state index contributed by atoms with van der Waals surface area (Å²) in [4.78, 5) is 27.6. The zero-order chi connectivity index (χ0) is 14.9. The molecule has 8 heteroatoms. The SMILES string of the molecule is Cc1ncsc1C(=O)Nc1ccn(C(C)(C)C(=O)O)n1. The number of nitrogens with one attached hydrogen (secondary N) is 1. The number of hydrogen-bond acceptors (Lipinski definition) is 5. The third-order valence-corrected chi connectivity index (χ3v) is 3.81. The fourth-order valence-corrected chi connectivity index (χ4v) is 2.19. The van der Waals surface area contributed by atoms with E-state index < -0.39 is 11.5 Å². The number of carboxylic acid groups (broad SMARTS) is 1. The number of thiazole rings is 1. The highest BCUT2D eigenvalue weighted by atomic mass is 32.1. The van der Waals surface area contributed by atoms with Gasteiger partial charge in [-0.3, -0.25) is 9.48 Å². The Hall–Kier alpha value is -2.22. The molecule has 0 bridgehead atoms. The lowest BCUT2D eigenvalue weighted by atomic mass is 10.1. The van der Waals surface area contributed by atoms with Crippen molar-refractivity contribution in [1.82, 2.24) is 14.8 Å². The van der Waals surface area contributed by atoms with Gasteiger partial charge < -0.3 is 10.4 Å². The van der Waals surface area contributed by atoms with Crippen LogP contribution in [0.25, 0.3) is 0 Å². The summed E-state index contributed by atoms with van der Waals surface area (Å²) in [5, 5.41) is 15.8. The van der Waals surface area contributed by atoms with E-state index in [2.05, 4.69) is 15.4 Å². The van der Waals surface area contributed by atoms with E-state index in [1.807, 2.05) is 0 Å². The fourth-order valence-electron chi connectivity index (χ4n) is 1.49. The molecule has 0 saturated heterocycles. The molecule has 0 radical (unpaired) electrons. The van der Waals surface area contributed by atoms with Gasteiger partial charge in [0.15, 0.2) is 11.4 Å². The Balaban J connectivity index is 2.17. The molecule has 2 heterocycles. The number of aromatic nitrogens is 3. The van der Waals surface area contributed by atoms with Gasteiger partial charge in [-0.2, -0.15) is 5.10 Å². The normalized spacial score (nSPS) is 11.3. The first kappa shape index (κ1) is 14.2. The zero-order valence-electron chi connectivity index (χ0n) is 11.2. The minimum Gasteiger partial charge on any atom is -0.479 e. The number of carboxylic acids is 1. The van der Waals surface area contributed by atoms with Crippen LogP contribution in [0.15, 0.2) is 17.8 Å². The molecule has 20 heavy (non-hydrogen) atoms. The van der Waals surface area contributed by atoms with Gasteiger partial charge in [0.2, 0.25) is 0 Å².